The fraction of sp³-hybridized carbons (Fsp3) is 0.179. The molecule has 3 aromatic rings. The van der Waals surface area contributed by atoms with Crippen molar-refractivity contribution in [2.24, 2.45) is 4.99 Å². The minimum atomic E-state index is -0.862. The zero-order valence-electron chi connectivity index (χ0n) is 20.9. The van der Waals surface area contributed by atoms with Gasteiger partial charge in [0, 0.05) is 12.5 Å². The van der Waals surface area contributed by atoms with Gasteiger partial charge in [0.25, 0.3) is 11.5 Å². The van der Waals surface area contributed by atoms with Crippen LogP contribution in [0.3, 0.4) is 0 Å². The van der Waals surface area contributed by atoms with Crippen LogP contribution in [0.2, 0.25) is 0 Å². The minimum Gasteiger partial charge on any atom is -0.497 e. The topological polar surface area (TPSA) is 107 Å². The van der Waals surface area contributed by atoms with Gasteiger partial charge in [-0.05, 0) is 30.7 Å². The van der Waals surface area contributed by atoms with Crippen molar-refractivity contribution in [3.63, 3.8) is 0 Å². The summed E-state index contributed by atoms with van der Waals surface area (Å²) in [4.78, 5) is 58.9. The zero-order valence-corrected chi connectivity index (χ0v) is 21.7. The second-order valence-corrected chi connectivity index (χ2v) is 9.59. The summed E-state index contributed by atoms with van der Waals surface area (Å²) in [5, 5.41) is 0. The number of amides is 2. The maximum absolute atomic E-state index is 14.0. The summed E-state index contributed by atoms with van der Waals surface area (Å²) in [5.74, 6) is -1.05. The molecule has 38 heavy (non-hydrogen) atoms. The van der Waals surface area contributed by atoms with Gasteiger partial charge in [-0.15, -0.1) is 0 Å². The fourth-order valence-corrected chi connectivity index (χ4v) is 5.83. The van der Waals surface area contributed by atoms with Gasteiger partial charge in [0.2, 0.25) is 5.91 Å². The molecule has 0 saturated heterocycles. The first kappa shape index (κ1) is 25.1. The number of benzene rings is 2. The van der Waals surface area contributed by atoms with Gasteiger partial charge in [0.05, 0.1) is 35.7 Å². The van der Waals surface area contributed by atoms with E-state index in [2.05, 4.69) is 11.6 Å². The molecule has 0 N–H and O–H groups in total. The van der Waals surface area contributed by atoms with Gasteiger partial charge in [-0.25, -0.2) is 14.7 Å². The Labute approximate surface area is 221 Å². The molecule has 0 fully saturated rings. The number of allylic oxidation sites excluding steroid dienone is 1. The number of hydrogen-bond acceptors (Lipinski definition) is 8. The van der Waals surface area contributed by atoms with Crippen molar-refractivity contribution < 1.29 is 23.9 Å². The summed E-state index contributed by atoms with van der Waals surface area (Å²) >= 11 is 1.04. The van der Waals surface area contributed by atoms with Crippen molar-refractivity contribution in [1.82, 2.24) is 4.57 Å². The Hall–Kier alpha value is -4.57. The molecular weight excluding hydrogens is 506 g/mol. The smallest absolute Gasteiger partial charge is 0.338 e. The molecule has 0 radical (unpaired) electrons. The lowest BCUT2D eigenvalue weighted by molar-refractivity contribution is -0.138. The number of para-hydroxylation sites is 1. The van der Waals surface area contributed by atoms with Crippen molar-refractivity contribution >= 4 is 40.4 Å². The van der Waals surface area contributed by atoms with E-state index in [1.165, 1.54) is 17.6 Å². The number of hydrogen-bond donors (Lipinski definition) is 0. The number of aromatic nitrogens is 1. The third kappa shape index (κ3) is 3.90. The van der Waals surface area contributed by atoms with E-state index in [4.69, 9.17) is 9.47 Å². The normalized spacial score (nSPS) is 17.5. The van der Waals surface area contributed by atoms with Crippen LogP contribution in [0, 0.1) is 0 Å². The van der Waals surface area contributed by atoms with E-state index < -0.39 is 29.4 Å². The van der Waals surface area contributed by atoms with Crippen molar-refractivity contribution in [2.75, 3.05) is 18.6 Å². The Morgan fingerprint density at radius 1 is 1.13 bits per heavy atom. The highest BCUT2D eigenvalue weighted by molar-refractivity contribution is 7.07. The molecule has 1 aromatic heterocycles. The molecule has 2 aromatic carbocycles. The molecule has 2 amide bonds. The van der Waals surface area contributed by atoms with E-state index in [0.717, 1.165) is 16.2 Å². The first-order chi connectivity index (χ1) is 18.3. The van der Waals surface area contributed by atoms with E-state index in [1.807, 2.05) is 0 Å². The minimum absolute atomic E-state index is 0.00825. The molecule has 0 saturated carbocycles. The molecule has 2 aliphatic rings. The number of methoxy groups -OCH3 is 1. The summed E-state index contributed by atoms with van der Waals surface area (Å²) in [7, 11) is 1.54. The van der Waals surface area contributed by atoms with Gasteiger partial charge >= 0.3 is 5.97 Å². The third-order valence-corrected chi connectivity index (χ3v) is 7.41. The highest BCUT2D eigenvalue weighted by Crippen LogP contribution is 2.36. The second-order valence-electron chi connectivity index (χ2n) is 8.61. The first-order valence-electron chi connectivity index (χ1n) is 11.7. The van der Waals surface area contributed by atoms with E-state index in [9.17, 15) is 19.2 Å². The number of ether oxygens (including phenoxy) is 2. The van der Waals surface area contributed by atoms with Crippen LogP contribution in [0.1, 0.15) is 31.0 Å². The number of imide groups is 1. The Bertz CT molecular complexity index is 1730. The quantitative estimate of drug-likeness (QED) is 0.371. The Morgan fingerprint density at radius 2 is 1.84 bits per heavy atom. The van der Waals surface area contributed by atoms with Crippen LogP contribution in [0.4, 0.5) is 5.69 Å². The molecule has 10 heteroatoms. The number of carbonyl (C=O) groups excluding carboxylic acids is 3. The lowest BCUT2D eigenvalue weighted by Crippen LogP contribution is -2.41. The lowest BCUT2D eigenvalue weighted by atomic mass is 9.96. The van der Waals surface area contributed by atoms with Crippen molar-refractivity contribution in [2.45, 2.75) is 19.9 Å². The lowest BCUT2D eigenvalue weighted by Gasteiger charge is -2.24. The molecule has 0 unspecified atom stereocenters. The van der Waals surface area contributed by atoms with Crippen LogP contribution >= 0.6 is 11.3 Å². The van der Waals surface area contributed by atoms with E-state index in [1.54, 1.807) is 62.6 Å². The predicted molar refractivity (Wildman–Crippen MR) is 141 cm³/mol. The molecule has 0 bridgehead atoms. The molecule has 3 heterocycles. The highest BCUT2D eigenvalue weighted by Gasteiger charge is 2.38. The molecule has 1 atom stereocenters. The summed E-state index contributed by atoms with van der Waals surface area (Å²) in [6.45, 7) is 6.55. The third-order valence-electron chi connectivity index (χ3n) is 6.35. The van der Waals surface area contributed by atoms with Crippen LogP contribution in [0.15, 0.2) is 82.2 Å². The summed E-state index contributed by atoms with van der Waals surface area (Å²) in [6, 6.07) is 13.0. The van der Waals surface area contributed by atoms with Gasteiger partial charge in [-0.3, -0.25) is 19.0 Å². The Morgan fingerprint density at radius 3 is 2.50 bits per heavy atom. The van der Waals surface area contributed by atoms with Crippen LogP contribution < -0.4 is 24.5 Å². The molecule has 2 aliphatic heterocycles. The maximum atomic E-state index is 14.0. The van der Waals surface area contributed by atoms with Gasteiger partial charge in [-0.1, -0.05) is 54.3 Å². The molecule has 192 valence electrons. The van der Waals surface area contributed by atoms with Gasteiger partial charge < -0.3 is 9.47 Å². The summed E-state index contributed by atoms with van der Waals surface area (Å²) < 4.78 is 12.2. The number of rotatable bonds is 5. The maximum Gasteiger partial charge on any atom is 0.338 e. The second kappa shape index (κ2) is 9.71. The summed E-state index contributed by atoms with van der Waals surface area (Å²) in [6.07, 6.45) is 1.46. The van der Waals surface area contributed by atoms with Crippen molar-refractivity contribution in [1.29, 1.82) is 0 Å². The fourth-order valence-electron chi connectivity index (χ4n) is 4.70. The number of carbonyl (C=O) groups is 3. The van der Waals surface area contributed by atoms with Crippen LogP contribution in [0.5, 0.6) is 5.75 Å². The van der Waals surface area contributed by atoms with Crippen LogP contribution in [-0.4, -0.2) is 36.1 Å². The monoisotopic (exact) mass is 529 g/mol. The van der Waals surface area contributed by atoms with Gasteiger partial charge in [0.1, 0.15) is 16.9 Å². The predicted octanol–water partition coefficient (Wildman–Crippen LogP) is 2.24. The highest BCUT2D eigenvalue weighted by atomic mass is 32.1. The average molecular weight is 530 g/mol. The molecular formula is C28H23N3O6S. The largest absolute Gasteiger partial charge is 0.497 e. The van der Waals surface area contributed by atoms with Gasteiger partial charge in [0.15, 0.2) is 4.80 Å². The molecule has 5 rings (SSSR count). The number of esters is 1. The standard InChI is InChI=1S/C28H23N3O6S/c1-5-14-37-27(35)21-15(2)29-28-31(23(21)17-10-12-18(36-4)13-11-17)26(34)24(38-28)22-19-8-6-7-9-20(19)30(16(3)32)25(22)33/h5-13,23H,1,14H2,2-4H3/b24-22-/t23-/m1/s1. The molecule has 0 spiro atoms. The summed E-state index contributed by atoms with van der Waals surface area (Å²) in [5.41, 5.74) is 1.75. The zero-order chi connectivity index (χ0) is 27.1. The molecule has 0 aliphatic carbocycles. The number of nitrogens with zero attached hydrogens (tertiary/aromatic N) is 3. The van der Waals surface area contributed by atoms with Crippen molar-refractivity contribution in [3.8, 4) is 5.75 Å². The molecule has 9 nitrogen and oxygen atoms in total. The van der Waals surface area contributed by atoms with Gasteiger partial charge in [-0.2, -0.15) is 0 Å². The SMILES string of the molecule is C=CCOC(=O)C1=C(C)N=c2s/c(=C3\C(=O)N(C(C)=O)c4ccccc43)c(=O)n2[C@@H]1c1ccc(OC)cc1. The Balaban J connectivity index is 1.80. The first-order valence-corrected chi connectivity index (χ1v) is 12.5. The Kier molecular flexibility index (Phi) is 6.41. The van der Waals surface area contributed by atoms with E-state index in [-0.39, 0.29) is 22.3 Å². The van der Waals surface area contributed by atoms with E-state index in [0.29, 0.717) is 33.1 Å². The van der Waals surface area contributed by atoms with E-state index >= 15 is 0 Å². The average Bonchev–Trinajstić information content (AvgIpc) is 3.38. The van der Waals surface area contributed by atoms with Crippen LogP contribution in [0.25, 0.3) is 5.57 Å². The van der Waals surface area contributed by atoms with Crippen LogP contribution in [-0.2, 0) is 19.1 Å². The number of fused-ring (bicyclic) bond motifs is 2. The van der Waals surface area contributed by atoms with Crippen molar-refractivity contribution in [3.05, 3.63) is 103 Å². The number of thiazole rings is 1. The number of anilines is 1.